The minimum atomic E-state index is -0.0237. The van der Waals surface area contributed by atoms with Crippen LogP contribution in [0.4, 0.5) is 4.79 Å². The molecule has 4 rings (SSSR count). The summed E-state index contributed by atoms with van der Waals surface area (Å²) in [7, 11) is 0. The van der Waals surface area contributed by atoms with Crippen LogP contribution >= 0.6 is 11.8 Å². The Bertz CT molecular complexity index is 601. The van der Waals surface area contributed by atoms with Crippen molar-refractivity contribution in [3.05, 3.63) is 35.4 Å². The summed E-state index contributed by atoms with van der Waals surface area (Å²) in [6.45, 7) is 0.762. The summed E-state index contributed by atoms with van der Waals surface area (Å²) in [5.74, 6) is 2.25. The van der Waals surface area contributed by atoms with Crippen molar-refractivity contribution in [1.29, 1.82) is 0 Å². The van der Waals surface area contributed by atoms with Gasteiger partial charge in [-0.2, -0.15) is 11.8 Å². The SMILES string of the molecule is O=C(N[C@@H]1CCO[C@]2(CCSC2)C1)N[C@H]1CCCc2ccccc21. The average molecular weight is 346 g/mol. The van der Waals surface area contributed by atoms with Crippen LogP contribution in [0.5, 0.6) is 0 Å². The van der Waals surface area contributed by atoms with Crippen molar-refractivity contribution in [1.82, 2.24) is 10.6 Å². The molecule has 0 unspecified atom stereocenters. The number of hydrogen-bond donors (Lipinski definition) is 2. The van der Waals surface area contributed by atoms with E-state index >= 15 is 0 Å². The lowest BCUT2D eigenvalue weighted by atomic mass is 9.88. The highest BCUT2D eigenvalue weighted by molar-refractivity contribution is 7.99. The van der Waals surface area contributed by atoms with Gasteiger partial charge < -0.3 is 15.4 Å². The van der Waals surface area contributed by atoms with Crippen molar-refractivity contribution >= 4 is 17.8 Å². The topological polar surface area (TPSA) is 50.4 Å². The molecule has 0 aromatic heterocycles. The van der Waals surface area contributed by atoms with E-state index in [-0.39, 0.29) is 23.7 Å². The number of urea groups is 1. The third-order valence-electron chi connectivity index (χ3n) is 5.57. The number of carbonyl (C=O) groups is 1. The van der Waals surface area contributed by atoms with Gasteiger partial charge in [0.25, 0.3) is 0 Å². The number of rotatable bonds is 2. The molecule has 0 saturated carbocycles. The first-order valence-electron chi connectivity index (χ1n) is 9.11. The molecule has 5 heteroatoms. The second-order valence-electron chi connectivity index (χ2n) is 7.29. The van der Waals surface area contributed by atoms with Gasteiger partial charge in [-0.3, -0.25) is 0 Å². The molecule has 2 amide bonds. The summed E-state index contributed by atoms with van der Waals surface area (Å²) in [6.07, 6.45) is 6.28. The van der Waals surface area contributed by atoms with E-state index in [1.807, 2.05) is 11.8 Å². The van der Waals surface area contributed by atoms with E-state index in [9.17, 15) is 4.79 Å². The number of nitrogens with one attached hydrogen (secondary N) is 2. The predicted octanol–water partition coefficient (Wildman–Crippen LogP) is 3.42. The number of amides is 2. The number of aryl methyl sites for hydroxylation is 1. The first-order valence-corrected chi connectivity index (χ1v) is 10.3. The van der Waals surface area contributed by atoms with Gasteiger partial charge in [0.05, 0.1) is 11.6 Å². The number of hydrogen-bond acceptors (Lipinski definition) is 3. The second kappa shape index (κ2) is 6.96. The molecule has 1 aromatic rings. The Labute approximate surface area is 148 Å². The van der Waals surface area contributed by atoms with Gasteiger partial charge >= 0.3 is 6.03 Å². The normalized spacial score (nSPS) is 32.3. The standard InChI is InChI=1S/C19H26N2O2S/c22-18(20-15-8-10-23-19(12-15)9-11-24-13-19)21-17-7-3-5-14-4-1-2-6-16(14)17/h1-2,4,6,15,17H,3,5,7-13H2,(H2,20,21,22)/t15-,17+,19-/m1/s1. The Balaban J connectivity index is 1.36. The molecule has 24 heavy (non-hydrogen) atoms. The first kappa shape index (κ1) is 16.3. The van der Waals surface area contributed by atoms with Crippen LogP contribution in [0, 0.1) is 0 Å². The summed E-state index contributed by atoms with van der Waals surface area (Å²) >= 11 is 1.97. The Morgan fingerprint density at radius 3 is 3.04 bits per heavy atom. The largest absolute Gasteiger partial charge is 0.374 e. The molecular weight excluding hydrogens is 320 g/mol. The number of benzene rings is 1. The molecule has 2 aliphatic heterocycles. The van der Waals surface area contributed by atoms with Crippen molar-refractivity contribution in [2.45, 2.75) is 56.2 Å². The molecule has 2 saturated heterocycles. The van der Waals surface area contributed by atoms with Gasteiger partial charge in [-0.15, -0.1) is 0 Å². The van der Waals surface area contributed by atoms with Crippen molar-refractivity contribution in [3.8, 4) is 0 Å². The van der Waals surface area contributed by atoms with Crippen LogP contribution in [-0.4, -0.2) is 35.8 Å². The van der Waals surface area contributed by atoms with Crippen molar-refractivity contribution in [3.63, 3.8) is 0 Å². The minimum absolute atomic E-state index is 0.0122. The second-order valence-corrected chi connectivity index (χ2v) is 8.39. The van der Waals surface area contributed by atoms with Crippen LogP contribution in [0.25, 0.3) is 0 Å². The Morgan fingerprint density at radius 1 is 1.25 bits per heavy atom. The van der Waals surface area contributed by atoms with Crippen molar-refractivity contribution in [2.75, 3.05) is 18.1 Å². The third-order valence-corrected chi connectivity index (χ3v) is 6.79. The molecular formula is C19H26N2O2S. The molecule has 130 valence electrons. The lowest BCUT2D eigenvalue weighted by Gasteiger charge is -2.38. The van der Waals surface area contributed by atoms with Crippen LogP contribution in [-0.2, 0) is 11.2 Å². The van der Waals surface area contributed by atoms with Gasteiger partial charge in [0, 0.05) is 18.4 Å². The number of carbonyl (C=O) groups excluding carboxylic acids is 1. The molecule has 3 atom stereocenters. The summed E-state index contributed by atoms with van der Waals surface area (Å²) < 4.78 is 6.04. The quantitative estimate of drug-likeness (QED) is 0.863. The van der Waals surface area contributed by atoms with E-state index in [1.165, 1.54) is 16.9 Å². The lowest BCUT2D eigenvalue weighted by molar-refractivity contribution is -0.0684. The van der Waals surface area contributed by atoms with Gasteiger partial charge in [-0.25, -0.2) is 4.79 Å². The highest BCUT2D eigenvalue weighted by Gasteiger charge is 2.40. The van der Waals surface area contributed by atoms with Crippen molar-refractivity contribution in [2.24, 2.45) is 0 Å². The summed E-state index contributed by atoms with van der Waals surface area (Å²) in [4.78, 5) is 12.5. The number of ether oxygens (including phenoxy) is 1. The molecule has 0 radical (unpaired) electrons. The highest BCUT2D eigenvalue weighted by atomic mass is 32.2. The van der Waals surface area contributed by atoms with Crippen LogP contribution in [0.3, 0.4) is 0 Å². The highest BCUT2D eigenvalue weighted by Crippen LogP contribution is 2.38. The van der Waals surface area contributed by atoms with Gasteiger partial charge in [0.1, 0.15) is 0 Å². The van der Waals surface area contributed by atoms with Crippen LogP contribution in [0.2, 0.25) is 0 Å². The predicted molar refractivity (Wildman–Crippen MR) is 97.4 cm³/mol. The van der Waals surface area contributed by atoms with Crippen LogP contribution < -0.4 is 10.6 Å². The van der Waals surface area contributed by atoms with Crippen LogP contribution in [0.1, 0.15) is 49.3 Å². The van der Waals surface area contributed by atoms with Crippen LogP contribution in [0.15, 0.2) is 24.3 Å². The van der Waals surface area contributed by atoms with Gasteiger partial charge in [-0.1, -0.05) is 24.3 Å². The summed E-state index contributed by atoms with van der Waals surface area (Å²) in [5.41, 5.74) is 2.68. The number of thioether (sulfide) groups is 1. The van der Waals surface area contributed by atoms with Gasteiger partial charge in [0.2, 0.25) is 0 Å². The van der Waals surface area contributed by atoms with E-state index in [4.69, 9.17) is 4.74 Å². The fourth-order valence-electron chi connectivity index (χ4n) is 4.30. The smallest absolute Gasteiger partial charge is 0.315 e. The molecule has 1 aliphatic carbocycles. The molecule has 4 nitrogen and oxygen atoms in total. The summed E-state index contributed by atoms with van der Waals surface area (Å²) in [5, 5.41) is 6.41. The fraction of sp³-hybridized carbons (Fsp3) is 0.632. The van der Waals surface area contributed by atoms with E-state index in [0.29, 0.717) is 0 Å². The Hall–Kier alpha value is -1.20. The molecule has 2 heterocycles. The van der Waals surface area contributed by atoms with Crippen molar-refractivity contribution < 1.29 is 9.53 Å². The van der Waals surface area contributed by atoms with E-state index in [0.717, 1.165) is 50.9 Å². The molecule has 2 fully saturated rings. The third kappa shape index (κ3) is 3.42. The van der Waals surface area contributed by atoms with Gasteiger partial charge in [-0.05, 0) is 55.4 Å². The maximum atomic E-state index is 12.5. The zero-order chi connectivity index (χ0) is 16.4. The molecule has 0 bridgehead atoms. The Morgan fingerprint density at radius 2 is 2.17 bits per heavy atom. The minimum Gasteiger partial charge on any atom is -0.374 e. The average Bonchev–Trinajstić information content (AvgIpc) is 3.03. The maximum absolute atomic E-state index is 12.5. The molecule has 1 aromatic carbocycles. The summed E-state index contributed by atoms with van der Waals surface area (Å²) in [6, 6.07) is 8.84. The zero-order valence-electron chi connectivity index (χ0n) is 14.1. The maximum Gasteiger partial charge on any atom is 0.315 e. The number of fused-ring (bicyclic) bond motifs is 1. The monoisotopic (exact) mass is 346 g/mol. The molecule has 3 aliphatic rings. The lowest BCUT2D eigenvalue weighted by Crippen LogP contribution is -2.51. The molecule has 1 spiro atoms. The van der Waals surface area contributed by atoms with E-state index < -0.39 is 0 Å². The van der Waals surface area contributed by atoms with E-state index in [2.05, 4.69) is 34.9 Å². The Kier molecular flexibility index (Phi) is 4.72. The molecule has 2 N–H and O–H groups in total. The van der Waals surface area contributed by atoms with E-state index in [1.54, 1.807) is 0 Å². The fourth-order valence-corrected chi connectivity index (χ4v) is 5.68. The van der Waals surface area contributed by atoms with Gasteiger partial charge in [0.15, 0.2) is 0 Å². The first-order chi connectivity index (χ1) is 11.7. The zero-order valence-corrected chi connectivity index (χ0v) is 14.9.